The van der Waals surface area contributed by atoms with Gasteiger partial charge in [-0.2, -0.15) is 0 Å². The second-order valence-corrected chi connectivity index (χ2v) is 4.68. The van der Waals surface area contributed by atoms with Crippen LogP contribution in [0.15, 0.2) is 11.1 Å². The van der Waals surface area contributed by atoms with Gasteiger partial charge < -0.3 is 0 Å². The monoisotopic (exact) mass is 287 g/mol. The third kappa shape index (κ3) is 2.65. The molecule has 0 fully saturated rings. The normalized spacial score (nSPS) is 11.8. The molecule has 0 saturated carbocycles. The number of hydrogen-bond acceptors (Lipinski definition) is 5. The number of hydrogen-bond donors (Lipinski definition) is 1. The van der Waals surface area contributed by atoms with Crippen molar-refractivity contribution in [1.82, 2.24) is 4.98 Å². The van der Waals surface area contributed by atoms with E-state index in [1.54, 1.807) is 0 Å². The number of nitrogens with two attached hydrogens (primary N) is 1. The van der Waals surface area contributed by atoms with E-state index >= 15 is 0 Å². The molecule has 2 N–H and O–H groups in total. The van der Waals surface area contributed by atoms with Crippen LogP contribution in [0.4, 0.5) is 14.5 Å². The van der Waals surface area contributed by atoms with Crippen LogP contribution < -0.4 is 5.14 Å². The van der Waals surface area contributed by atoms with Crippen LogP contribution >= 0.6 is 11.6 Å². The quantitative estimate of drug-likeness (QED) is 0.663. The van der Waals surface area contributed by atoms with Crippen LogP contribution in [0.2, 0.25) is 5.02 Å². The van der Waals surface area contributed by atoms with E-state index in [1.165, 1.54) is 0 Å². The SMILES string of the molecule is NS(=O)(=O)c1cnc(C(F)F)c([N+](=O)[O-])c1Cl. The summed E-state index contributed by atoms with van der Waals surface area (Å²) in [5.74, 6) is 0. The summed E-state index contributed by atoms with van der Waals surface area (Å²) in [6, 6.07) is 0. The average molecular weight is 288 g/mol. The lowest BCUT2D eigenvalue weighted by Gasteiger charge is -2.05. The Morgan fingerprint density at radius 1 is 1.53 bits per heavy atom. The third-order valence-corrected chi connectivity index (χ3v) is 3.10. The fraction of sp³-hybridized carbons (Fsp3) is 0.167. The molecule has 0 spiro atoms. The second-order valence-electron chi connectivity index (χ2n) is 2.77. The fourth-order valence-corrected chi connectivity index (χ4v) is 2.09. The molecule has 0 bridgehead atoms. The molecule has 0 atom stereocenters. The van der Waals surface area contributed by atoms with Crippen molar-refractivity contribution in [3.05, 3.63) is 27.0 Å². The number of halogens is 3. The Morgan fingerprint density at radius 3 is 2.41 bits per heavy atom. The average Bonchev–Trinajstić information content (AvgIpc) is 2.13. The van der Waals surface area contributed by atoms with Crippen LogP contribution in [0.1, 0.15) is 12.1 Å². The summed E-state index contributed by atoms with van der Waals surface area (Å²) in [4.78, 5) is 11.4. The molecule has 1 rings (SSSR count). The molecule has 1 heterocycles. The van der Waals surface area contributed by atoms with Crippen LogP contribution in [0.5, 0.6) is 0 Å². The number of nitrogens with zero attached hydrogens (tertiary/aromatic N) is 2. The van der Waals surface area contributed by atoms with Gasteiger partial charge in [0.15, 0.2) is 5.69 Å². The lowest BCUT2D eigenvalue weighted by molar-refractivity contribution is -0.386. The Kier molecular flexibility index (Phi) is 3.59. The van der Waals surface area contributed by atoms with Gasteiger partial charge >= 0.3 is 5.69 Å². The van der Waals surface area contributed by atoms with E-state index in [0.717, 1.165) is 0 Å². The van der Waals surface area contributed by atoms with E-state index < -0.39 is 42.7 Å². The molecule has 0 aromatic carbocycles. The zero-order chi connectivity index (χ0) is 13.4. The first-order valence-electron chi connectivity index (χ1n) is 3.80. The molecule has 7 nitrogen and oxygen atoms in total. The van der Waals surface area contributed by atoms with Crippen molar-refractivity contribution in [2.45, 2.75) is 11.3 Å². The van der Waals surface area contributed by atoms with E-state index in [2.05, 4.69) is 4.98 Å². The summed E-state index contributed by atoms with van der Waals surface area (Å²) in [6.07, 6.45) is -2.81. The van der Waals surface area contributed by atoms with Crippen molar-refractivity contribution in [2.75, 3.05) is 0 Å². The van der Waals surface area contributed by atoms with E-state index in [9.17, 15) is 27.3 Å². The standard InChI is InChI=1S/C6H4ClF2N3O4S/c7-3-2(17(10,15)16)1-11-4(6(8)9)5(3)12(13)14/h1,6H,(H2,10,15,16). The summed E-state index contributed by atoms with van der Waals surface area (Å²) in [7, 11) is -4.38. The lowest BCUT2D eigenvalue weighted by atomic mass is 10.3. The van der Waals surface area contributed by atoms with Gasteiger partial charge in [-0.3, -0.25) is 10.1 Å². The van der Waals surface area contributed by atoms with Crippen molar-refractivity contribution in [3.63, 3.8) is 0 Å². The molecule has 0 radical (unpaired) electrons. The van der Waals surface area contributed by atoms with Crippen molar-refractivity contribution in [3.8, 4) is 0 Å². The predicted molar refractivity (Wildman–Crippen MR) is 52.2 cm³/mol. The Balaban J connectivity index is 3.67. The Morgan fingerprint density at radius 2 is 2.06 bits per heavy atom. The summed E-state index contributed by atoms with van der Waals surface area (Å²) < 4.78 is 46.7. The van der Waals surface area contributed by atoms with Crippen LogP contribution in [0.25, 0.3) is 0 Å². The molecule has 0 aliphatic heterocycles. The number of sulfonamides is 1. The third-order valence-electron chi connectivity index (χ3n) is 1.68. The van der Waals surface area contributed by atoms with Crippen molar-refractivity contribution in [1.29, 1.82) is 0 Å². The zero-order valence-electron chi connectivity index (χ0n) is 7.80. The molecule has 11 heteroatoms. The topological polar surface area (TPSA) is 116 Å². The molecule has 0 aliphatic rings. The van der Waals surface area contributed by atoms with Gasteiger partial charge in [-0.25, -0.2) is 27.3 Å². The molecule has 0 unspecified atom stereocenters. The Hall–Kier alpha value is -1.39. The highest BCUT2D eigenvalue weighted by Gasteiger charge is 2.31. The molecule has 0 saturated heterocycles. The van der Waals surface area contributed by atoms with Crippen molar-refractivity contribution < 1.29 is 22.1 Å². The molecule has 0 amide bonds. The Labute approximate surface area is 98.4 Å². The van der Waals surface area contributed by atoms with E-state index in [-0.39, 0.29) is 0 Å². The molecule has 1 aromatic rings. The minimum Gasteiger partial charge on any atom is -0.258 e. The largest absolute Gasteiger partial charge is 0.316 e. The number of primary sulfonamides is 1. The maximum Gasteiger partial charge on any atom is 0.316 e. The van der Waals surface area contributed by atoms with Gasteiger partial charge in [-0.15, -0.1) is 0 Å². The highest BCUT2D eigenvalue weighted by Crippen LogP contribution is 2.36. The second kappa shape index (κ2) is 4.47. The fourth-order valence-electron chi connectivity index (χ4n) is 1.01. The van der Waals surface area contributed by atoms with Gasteiger partial charge in [0.05, 0.1) is 4.92 Å². The minimum absolute atomic E-state index is 0.451. The van der Waals surface area contributed by atoms with E-state index in [0.29, 0.717) is 6.20 Å². The zero-order valence-corrected chi connectivity index (χ0v) is 9.37. The van der Waals surface area contributed by atoms with Gasteiger partial charge in [0.2, 0.25) is 10.0 Å². The Bertz CT molecular complexity index is 577. The van der Waals surface area contributed by atoms with Gasteiger partial charge in [-0.05, 0) is 0 Å². The maximum absolute atomic E-state index is 12.4. The van der Waals surface area contributed by atoms with E-state index in [1.807, 2.05) is 0 Å². The first-order chi connectivity index (χ1) is 7.66. The van der Waals surface area contributed by atoms with Crippen molar-refractivity contribution in [2.24, 2.45) is 5.14 Å². The number of nitro groups is 1. The van der Waals surface area contributed by atoms with E-state index in [4.69, 9.17) is 16.7 Å². The summed E-state index contributed by atoms with van der Waals surface area (Å²) in [5, 5.41) is 14.2. The number of aromatic nitrogens is 1. The first-order valence-corrected chi connectivity index (χ1v) is 5.72. The lowest BCUT2D eigenvalue weighted by Crippen LogP contribution is -2.15. The number of rotatable bonds is 3. The van der Waals surface area contributed by atoms with Crippen LogP contribution in [0.3, 0.4) is 0 Å². The minimum atomic E-state index is -4.38. The number of pyridine rings is 1. The summed E-state index contributed by atoms with van der Waals surface area (Å²) in [6.45, 7) is 0. The van der Waals surface area contributed by atoms with Crippen molar-refractivity contribution >= 4 is 27.3 Å². The van der Waals surface area contributed by atoms with Gasteiger partial charge in [0.25, 0.3) is 6.43 Å². The summed E-state index contributed by atoms with van der Waals surface area (Å²) in [5.41, 5.74) is -2.49. The highest BCUT2D eigenvalue weighted by atomic mass is 35.5. The predicted octanol–water partition coefficient (Wildman–Crippen LogP) is 1.23. The molecule has 17 heavy (non-hydrogen) atoms. The van der Waals surface area contributed by atoms with Crippen LogP contribution in [-0.4, -0.2) is 18.3 Å². The highest BCUT2D eigenvalue weighted by molar-refractivity contribution is 7.89. The molecule has 1 aromatic heterocycles. The van der Waals surface area contributed by atoms with Crippen LogP contribution in [0, 0.1) is 10.1 Å². The van der Waals surface area contributed by atoms with Crippen LogP contribution in [-0.2, 0) is 10.0 Å². The van der Waals surface area contributed by atoms with Gasteiger partial charge in [0.1, 0.15) is 9.92 Å². The van der Waals surface area contributed by atoms with Gasteiger partial charge in [-0.1, -0.05) is 11.6 Å². The van der Waals surface area contributed by atoms with Gasteiger partial charge in [0, 0.05) is 6.20 Å². The first kappa shape index (κ1) is 13.7. The molecular weight excluding hydrogens is 284 g/mol. The molecule has 94 valence electrons. The molecule has 0 aliphatic carbocycles. The summed E-state index contributed by atoms with van der Waals surface area (Å²) >= 11 is 5.36. The molecular formula is C6H4ClF2N3O4S. The maximum atomic E-state index is 12.4. The smallest absolute Gasteiger partial charge is 0.258 e. The number of alkyl halides is 2.